The molecular formula is C16H14FN5O. The first-order valence-electron chi connectivity index (χ1n) is 6.94. The molecule has 0 aliphatic heterocycles. The van der Waals surface area contributed by atoms with Gasteiger partial charge in [-0.25, -0.2) is 4.39 Å². The number of nitrogens with one attached hydrogen (secondary N) is 3. The predicted molar refractivity (Wildman–Crippen MR) is 85.2 cm³/mol. The van der Waals surface area contributed by atoms with Crippen molar-refractivity contribution in [2.45, 2.75) is 6.92 Å². The summed E-state index contributed by atoms with van der Waals surface area (Å²) in [6.07, 6.45) is 0. The summed E-state index contributed by atoms with van der Waals surface area (Å²) in [7, 11) is 0. The maximum absolute atomic E-state index is 13.1. The number of nitrogens with zero attached hydrogens (tertiary/aromatic N) is 2. The number of halogens is 1. The molecule has 3 aromatic rings. The fraction of sp³-hybridized carbons (Fsp3) is 0.0625. The number of anilines is 3. The zero-order valence-corrected chi connectivity index (χ0v) is 12.3. The van der Waals surface area contributed by atoms with Crippen molar-refractivity contribution in [2.24, 2.45) is 0 Å². The predicted octanol–water partition coefficient (Wildman–Crippen LogP) is 3.25. The summed E-state index contributed by atoms with van der Waals surface area (Å²) in [5.74, 6) is -0.478. The summed E-state index contributed by atoms with van der Waals surface area (Å²) in [6.45, 7) is 1.71. The van der Waals surface area contributed by atoms with E-state index in [0.717, 1.165) is 5.69 Å². The topological polar surface area (TPSA) is 82.7 Å². The summed E-state index contributed by atoms with van der Waals surface area (Å²) in [5, 5.41) is 16.0. The van der Waals surface area contributed by atoms with Gasteiger partial charge in [-0.05, 0) is 42.8 Å². The number of hydrogen-bond donors (Lipinski definition) is 3. The van der Waals surface area contributed by atoms with Crippen LogP contribution < -0.4 is 10.6 Å². The maximum Gasteiger partial charge on any atom is 0.280 e. The Morgan fingerprint density at radius 3 is 2.65 bits per heavy atom. The van der Waals surface area contributed by atoms with E-state index in [4.69, 9.17) is 0 Å². The van der Waals surface area contributed by atoms with Gasteiger partial charge in [0.2, 0.25) is 0 Å². The molecule has 116 valence electrons. The van der Waals surface area contributed by atoms with E-state index >= 15 is 0 Å². The summed E-state index contributed by atoms with van der Waals surface area (Å²) in [4.78, 5) is 12.4. The van der Waals surface area contributed by atoms with Crippen LogP contribution in [0, 0.1) is 12.7 Å². The number of aromatic amines is 1. The molecule has 0 saturated carbocycles. The van der Waals surface area contributed by atoms with Crippen molar-refractivity contribution in [3.63, 3.8) is 0 Å². The van der Waals surface area contributed by atoms with Crippen LogP contribution in [0.1, 0.15) is 16.1 Å². The second-order valence-corrected chi connectivity index (χ2v) is 4.93. The molecular weight excluding hydrogens is 297 g/mol. The Hall–Kier alpha value is -3.22. The highest BCUT2D eigenvalue weighted by Gasteiger charge is 2.17. The van der Waals surface area contributed by atoms with E-state index < -0.39 is 5.91 Å². The molecule has 1 aromatic heterocycles. The normalized spacial score (nSPS) is 10.3. The van der Waals surface area contributed by atoms with E-state index in [1.54, 1.807) is 6.92 Å². The first kappa shape index (κ1) is 14.7. The Balaban J connectivity index is 1.79. The molecule has 0 radical (unpaired) electrons. The van der Waals surface area contributed by atoms with Gasteiger partial charge in [0.05, 0.1) is 0 Å². The molecule has 7 heteroatoms. The number of carbonyl (C=O) groups is 1. The van der Waals surface area contributed by atoms with E-state index in [-0.39, 0.29) is 11.5 Å². The van der Waals surface area contributed by atoms with E-state index in [9.17, 15) is 9.18 Å². The number of benzene rings is 2. The van der Waals surface area contributed by atoms with Gasteiger partial charge in [-0.2, -0.15) is 5.21 Å². The Kier molecular flexibility index (Phi) is 4.01. The second-order valence-electron chi connectivity index (χ2n) is 4.93. The van der Waals surface area contributed by atoms with Crippen molar-refractivity contribution < 1.29 is 9.18 Å². The molecule has 0 unspecified atom stereocenters. The third-order valence-corrected chi connectivity index (χ3v) is 3.24. The van der Waals surface area contributed by atoms with Crippen LogP contribution in [0.15, 0.2) is 48.5 Å². The minimum Gasteiger partial charge on any atom is -0.337 e. The van der Waals surface area contributed by atoms with Gasteiger partial charge in [-0.1, -0.05) is 18.2 Å². The Bertz CT molecular complexity index is 831. The van der Waals surface area contributed by atoms with Crippen LogP contribution in [-0.2, 0) is 0 Å². The van der Waals surface area contributed by atoms with Crippen LogP contribution in [0.2, 0.25) is 0 Å². The van der Waals surface area contributed by atoms with Gasteiger partial charge in [0, 0.05) is 11.4 Å². The summed E-state index contributed by atoms with van der Waals surface area (Å²) in [5.41, 5.74) is 2.05. The van der Waals surface area contributed by atoms with Crippen LogP contribution in [0.5, 0.6) is 0 Å². The molecule has 0 atom stereocenters. The molecule has 0 aliphatic rings. The monoisotopic (exact) mass is 311 g/mol. The molecule has 0 fully saturated rings. The fourth-order valence-electron chi connectivity index (χ4n) is 2.08. The molecule has 2 aromatic carbocycles. The molecule has 0 saturated heterocycles. The van der Waals surface area contributed by atoms with Crippen molar-refractivity contribution in [3.05, 3.63) is 65.6 Å². The highest BCUT2D eigenvalue weighted by molar-refractivity contribution is 6.06. The third-order valence-electron chi connectivity index (χ3n) is 3.24. The molecule has 3 N–H and O–H groups in total. The van der Waals surface area contributed by atoms with E-state index in [0.29, 0.717) is 17.1 Å². The number of aromatic nitrogens is 3. The summed E-state index contributed by atoms with van der Waals surface area (Å²) in [6, 6.07) is 13.5. The SMILES string of the molecule is Cc1cc(F)ccc1NC(=O)c1n[nH]nc1Nc1ccccc1. The zero-order chi connectivity index (χ0) is 16.2. The number of para-hydroxylation sites is 1. The lowest BCUT2D eigenvalue weighted by Crippen LogP contribution is -2.15. The van der Waals surface area contributed by atoms with Gasteiger partial charge in [0.15, 0.2) is 11.5 Å². The van der Waals surface area contributed by atoms with Gasteiger partial charge < -0.3 is 10.6 Å². The van der Waals surface area contributed by atoms with Crippen molar-refractivity contribution >= 4 is 23.1 Å². The molecule has 0 bridgehead atoms. The Morgan fingerprint density at radius 2 is 1.91 bits per heavy atom. The smallest absolute Gasteiger partial charge is 0.280 e. The molecule has 0 aliphatic carbocycles. The van der Waals surface area contributed by atoms with Gasteiger partial charge in [0.1, 0.15) is 5.82 Å². The molecule has 1 heterocycles. The first-order valence-corrected chi connectivity index (χ1v) is 6.94. The number of hydrogen-bond acceptors (Lipinski definition) is 4. The van der Waals surface area contributed by atoms with E-state index in [2.05, 4.69) is 26.0 Å². The van der Waals surface area contributed by atoms with Crippen molar-refractivity contribution in [1.82, 2.24) is 15.4 Å². The minimum absolute atomic E-state index is 0.123. The van der Waals surface area contributed by atoms with Crippen molar-refractivity contribution in [3.8, 4) is 0 Å². The largest absolute Gasteiger partial charge is 0.337 e. The van der Waals surface area contributed by atoms with Crippen LogP contribution in [-0.4, -0.2) is 21.3 Å². The highest BCUT2D eigenvalue weighted by Crippen LogP contribution is 2.20. The highest BCUT2D eigenvalue weighted by atomic mass is 19.1. The van der Waals surface area contributed by atoms with Gasteiger partial charge in [-0.15, -0.1) is 10.2 Å². The molecule has 1 amide bonds. The molecule has 23 heavy (non-hydrogen) atoms. The van der Waals surface area contributed by atoms with Crippen molar-refractivity contribution in [1.29, 1.82) is 0 Å². The lowest BCUT2D eigenvalue weighted by atomic mass is 10.2. The minimum atomic E-state index is -0.438. The average molecular weight is 311 g/mol. The van der Waals surface area contributed by atoms with Crippen LogP contribution in [0.25, 0.3) is 0 Å². The Morgan fingerprint density at radius 1 is 1.13 bits per heavy atom. The van der Waals surface area contributed by atoms with Gasteiger partial charge >= 0.3 is 0 Å². The summed E-state index contributed by atoms with van der Waals surface area (Å²) < 4.78 is 13.1. The van der Waals surface area contributed by atoms with Crippen molar-refractivity contribution in [2.75, 3.05) is 10.6 Å². The standard InChI is InChI=1S/C16H14FN5O/c1-10-9-11(17)7-8-13(10)19-16(23)14-15(21-22-20-14)18-12-5-3-2-4-6-12/h2-9H,1H3,(H,19,23)(H2,18,20,21,22). The zero-order valence-electron chi connectivity index (χ0n) is 12.3. The molecule has 0 spiro atoms. The van der Waals surface area contributed by atoms with Crippen LogP contribution >= 0.6 is 0 Å². The number of rotatable bonds is 4. The Labute approximate surface area is 131 Å². The number of H-pyrrole nitrogens is 1. The van der Waals surface area contributed by atoms with E-state index in [1.807, 2.05) is 30.3 Å². The fourth-order valence-corrected chi connectivity index (χ4v) is 2.08. The third kappa shape index (κ3) is 3.34. The van der Waals surface area contributed by atoms with Gasteiger partial charge in [0.25, 0.3) is 5.91 Å². The van der Waals surface area contributed by atoms with E-state index in [1.165, 1.54) is 18.2 Å². The lowest BCUT2D eigenvalue weighted by molar-refractivity contribution is 0.102. The maximum atomic E-state index is 13.1. The first-order chi connectivity index (χ1) is 11.1. The number of amides is 1. The second kappa shape index (κ2) is 6.27. The van der Waals surface area contributed by atoms with Gasteiger partial charge in [-0.3, -0.25) is 4.79 Å². The summed E-state index contributed by atoms with van der Waals surface area (Å²) >= 11 is 0. The quantitative estimate of drug-likeness (QED) is 0.690. The number of aryl methyl sites for hydroxylation is 1. The van der Waals surface area contributed by atoms with Crippen LogP contribution in [0.3, 0.4) is 0 Å². The average Bonchev–Trinajstić information content (AvgIpc) is 2.99. The lowest BCUT2D eigenvalue weighted by Gasteiger charge is -2.08. The number of carbonyl (C=O) groups excluding carboxylic acids is 1. The van der Waals surface area contributed by atoms with Crippen LogP contribution in [0.4, 0.5) is 21.6 Å². The molecule has 6 nitrogen and oxygen atoms in total. The molecule has 3 rings (SSSR count).